The largest absolute Gasteiger partial charge is 0.397 e. The Morgan fingerprint density at radius 1 is 1.17 bits per heavy atom. The Bertz CT molecular complexity index is 1070. The third-order valence-electron chi connectivity index (χ3n) is 5.80. The SMILES string of the molecule is C=C(/C=C\C(N)=C(/C)F)C1(c2ccc(N)c(F)c2)C(C)=C(CC)c2ccccc21. The lowest BCUT2D eigenvalue weighted by molar-refractivity contribution is 0.623. The molecule has 0 amide bonds. The molecule has 0 bridgehead atoms. The maximum absolute atomic E-state index is 14.5. The predicted molar refractivity (Wildman–Crippen MR) is 117 cm³/mol. The van der Waals surface area contributed by atoms with Crippen LogP contribution in [-0.2, 0) is 5.41 Å². The van der Waals surface area contributed by atoms with Gasteiger partial charge in [0.15, 0.2) is 0 Å². The first kappa shape index (κ1) is 20.6. The van der Waals surface area contributed by atoms with Gasteiger partial charge < -0.3 is 11.5 Å². The normalized spacial score (nSPS) is 19.5. The highest BCUT2D eigenvalue weighted by molar-refractivity contribution is 5.85. The fourth-order valence-electron chi connectivity index (χ4n) is 4.32. The van der Waals surface area contributed by atoms with Gasteiger partial charge in [0.05, 0.1) is 16.8 Å². The molecule has 0 spiro atoms. The van der Waals surface area contributed by atoms with Gasteiger partial charge in [-0.05, 0) is 66.3 Å². The summed E-state index contributed by atoms with van der Waals surface area (Å²) >= 11 is 0. The van der Waals surface area contributed by atoms with E-state index in [-0.39, 0.29) is 11.4 Å². The topological polar surface area (TPSA) is 52.0 Å². The Balaban J connectivity index is 2.35. The highest BCUT2D eigenvalue weighted by Crippen LogP contribution is 2.55. The Hall–Kier alpha value is -3.14. The molecule has 1 atom stereocenters. The summed E-state index contributed by atoms with van der Waals surface area (Å²) < 4.78 is 28.0. The van der Waals surface area contributed by atoms with Crippen molar-refractivity contribution in [3.05, 3.63) is 106 Å². The fourth-order valence-corrected chi connectivity index (χ4v) is 4.32. The Labute approximate surface area is 170 Å². The minimum Gasteiger partial charge on any atom is -0.397 e. The summed E-state index contributed by atoms with van der Waals surface area (Å²) in [6.07, 6.45) is 4.04. The van der Waals surface area contributed by atoms with E-state index in [1.54, 1.807) is 12.1 Å². The van der Waals surface area contributed by atoms with E-state index in [9.17, 15) is 8.78 Å². The van der Waals surface area contributed by atoms with Crippen LogP contribution in [0.15, 0.2) is 83.9 Å². The standard InChI is InChI=1S/C25H26F2N2/c1-5-19-16(3)25(21-9-7-6-8-20(19)21,15(2)10-12-23(28)17(4)26)18-11-13-24(29)22(27)14-18/h6-14H,2,5,28-29H2,1,3-4H3/b12-10-,23-17-. The van der Waals surface area contributed by atoms with Crippen molar-refractivity contribution in [3.63, 3.8) is 0 Å². The van der Waals surface area contributed by atoms with Crippen molar-refractivity contribution in [1.29, 1.82) is 0 Å². The lowest BCUT2D eigenvalue weighted by Crippen LogP contribution is -2.29. The maximum Gasteiger partial charge on any atom is 0.146 e. The van der Waals surface area contributed by atoms with Crippen LogP contribution < -0.4 is 11.5 Å². The second-order valence-corrected chi connectivity index (χ2v) is 7.34. The van der Waals surface area contributed by atoms with E-state index in [0.717, 1.165) is 28.7 Å². The molecule has 0 aliphatic heterocycles. The van der Waals surface area contributed by atoms with Crippen LogP contribution in [-0.4, -0.2) is 0 Å². The second kappa shape index (κ2) is 7.70. The summed E-state index contributed by atoms with van der Waals surface area (Å²) in [4.78, 5) is 0. The summed E-state index contributed by atoms with van der Waals surface area (Å²) in [5, 5.41) is 0. The van der Waals surface area contributed by atoms with Crippen molar-refractivity contribution in [2.75, 3.05) is 5.73 Å². The lowest BCUT2D eigenvalue weighted by Gasteiger charge is -2.35. The molecule has 0 heterocycles. The Morgan fingerprint density at radius 2 is 1.86 bits per heavy atom. The van der Waals surface area contributed by atoms with E-state index < -0.39 is 17.1 Å². The van der Waals surface area contributed by atoms with Crippen molar-refractivity contribution in [2.24, 2.45) is 5.73 Å². The smallest absolute Gasteiger partial charge is 0.146 e. The molecule has 1 unspecified atom stereocenters. The number of benzene rings is 2. The van der Waals surface area contributed by atoms with Crippen LogP contribution >= 0.6 is 0 Å². The average molecular weight is 392 g/mol. The molecule has 150 valence electrons. The zero-order valence-electron chi connectivity index (χ0n) is 17.0. The number of rotatable bonds is 5. The van der Waals surface area contributed by atoms with Crippen LogP contribution in [0.5, 0.6) is 0 Å². The molecule has 4 heteroatoms. The molecular formula is C25H26F2N2. The monoisotopic (exact) mass is 392 g/mol. The summed E-state index contributed by atoms with van der Waals surface area (Å²) in [6, 6.07) is 12.9. The molecule has 0 saturated carbocycles. The molecule has 2 nitrogen and oxygen atoms in total. The number of fused-ring (bicyclic) bond motifs is 1. The van der Waals surface area contributed by atoms with Crippen molar-refractivity contribution in [3.8, 4) is 0 Å². The van der Waals surface area contributed by atoms with E-state index in [4.69, 9.17) is 11.5 Å². The van der Waals surface area contributed by atoms with Crippen LogP contribution in [0.3, 0.4) is 0 Å². The first-order chi connectivity index (χ1) is 13.7. The fraction of sp³-hybridized carbons (Fsp3) is 0.200. The number of nitrogen functional groups attached to an aromatic ring is 1. The van der Waals surface area contributed by atoms with Crippen molar-refractivity contribution in [1.82, 2.24) is 0 Å². The molecule has 4 N–H and O–H groups in total. The zero-order valence-corrected chi connectivity index (χ0v) is 17.0. The first-order valence-electron chi connectivity index (χ1n) is 9.60. The number of allylic oxidation sites excluding steroid dienone is 6. The number of hydrogen-bond acceptors (Lipinski definition) is 2. The van der Waals surface area contributed by atoms with Gasteiger partial charge in [-0.1, -0.05) is 55.5 Å². The Morgan fingerprint density at radius 3 is 2.48 bits per heavy atom. The Kier molecular flexibility index (Phi) is 5.47. The molecule has 3 rings (SSSR count). The van der Waals surface area contributed by atoms with E-state index in [2.05, 4.69) is 19.6 Å². The quantitative estimate of drug-likeness (QED) is 0.473. The van der Waals surface area contributed by atoms with E-state index >= 15 is 0 Å². The van der Waals surface area contributed by atoms with Gasteiger partial charge in [0.2, 0.25) is 0 Å². The second-order valence-electron chi connectivity index (χ2n) is 7.34. The van der Waals surface area contributed by atoms with Crippen LogP contribution in [0.2, 0.25) is 0 Å². The number of nitrogens with two attached hydrogens (primary N) is 2. The molecule has 1 aliphatic carbocycles. The molecule has 1 aliphatic rings. The van der Waals surface area contributed by atoms with Gasteiger partial charge in [0, 0.05) is 0 Å². The number of anilines is 1. The number of hydrogen-bond donors (Lipinski definition) is 2. The van der Waals surface area contributed by atoms with Gasteiger partial charge in [-0.15, -0.1) is 0 Å². The molecule has 0 radical (unpaired) electrons. The first-order valence-corrected chi connectivity index (χ1v) is 9.60. The van der Waals surface area contributed by atoms with Crippen LogP contribution in [0.4, 0.5) is 14.5 Å². The van der Waals surface area contributed by atoms with Crippen molar-refractivity contribution < 1.29 is 8.78 Å². The summed E-state index contributed by atoms with van der Waals surface area (Å²) in [6.45, 7) is 9.76. The lowest BCUT2D eigenvalue weighted by atomic mass is 9.67. The molecule has 29 heavy (non-hydrogen) atoms. The van der Waals surface area contributed by atoms with Crippen LogP contribution in [0.25, 0.3) is 5.57 Å². The molecular weight excluding hydrogens is 366 g/mol. The third-order valence-corrected chi connectivity index (χ3v) is 5.80. The van der Waals surface area contributed by atoms with Gasteiger partial charge in [-0.2, -0.15) is 0 Å². The molecule has 2 aromatic carbocycles. The van der Waals surface area contributed by atoms with Gasteiger partial charge in [-0.3, -0.25) is 0 Å². The summed E-state index contributed by atoms with van der Waals surface area (Å²) in [7, 11) is 0. The number of halogens is 2. The summed E-state index contributed by atoms with van der Waals surface area (Å²) in [5.41, 5.74) is 16.6. The van der Waals surface area contributed by atoms with Crippen molar-refractivity contribution >= 4 is 11.3 Å². The van der Waals surface area contributed by atoms with Crippen molar-refractivity contribution in [2.45, 2.75) is 32.6 Å². The summed E-state index contributed by atoms with van der Waals surface area (Å²) in [5.74, 6) is -0.942. The minimum atomic E-state index is -0.780. The van der Waals surface area contributed by atoms with Crippen LogP contribution in [0.1, 0.15) is 43.9 Å². The van der Waals surface area contributed by atoms with E-state index in [1.807, 2.05) is 31.2 Å². The third kappa shape index (κ3) is 3.19. The van der Waals surface area contributed by atoms with Gasteiger partial charge >= 0.3 is 0 Å². The molecule has 2 aromatic rings. The maximum atomic E-state index is 14.5. The van der Waals surface area contributed by atoms with Crippen LogP contribution in [0, 0.1) is 5.82 Å². The van der Waals surface area contributed by atoms with E-state index in [1.165, 1.54) is 24.6 Å². The minimum absolute atomic E-state index is 0.0356. The van der Waals surface area contributed by atoms with Gasteiger partial charge in [-0.25, -0.2) is 8.78 Å². The van der Waals surface area contributed by atoms with Gasteiger partial charge in [0.25, 0.3) is 0 Å². The molecule has 0 saturated heterocycles. The molecule has 0 fully saturated rings. The highest BCUT2D eigenvalue weighted by atomic mass is 19.1. The average Bonchev–Trinajstić information content (AvgIpc) is 2.96. The van der Waals surface area contributed by atoms with Gasteiger partial charge in [0.1, 0.15) is 11.6 Å². The molecule has 0 aromatic heterocycles. The predicted octanol–water partition coefficient (Wildman–Crippen LogP) is 6.16. The van der Waals surface area contributed by atoms with E-state index in [0.29, 0.717) is 5.57 Å². The highest BCUT2D eigenvalue weighted by Gasteiger charge is 2.45. The zero-order chi connectivity index (χ0) is 21.3.